The fraction of sp³-hybridized carbons (Fsp3) is 0.471. The van der Waals surface area contributed by atoms with Crippen molar-refractivity contribution in [2.24, 2.45) is 7.05 Å². The second kappa shape index (κ2) is 6.03. The van der Waals surface area contributed by atoms with Gasteiger partial charge in [0.25, 0.3) is 0 Å². The van der Waals surface area contributed by atoms with Gasteiger partial charge in [0.2, 0.25) is 0 Å². The largest absolute Gasteiger partial charge is 0.391 e. The van der Waals surface area contributed by atoms with Crippen LogP contribution in [0.5, 0.6) is 0 Å². The van der Waals surface area contributed by atoms with E-state index in [1.54, 1.807) is 4.68 Å². The fourth-order valence-corrected chi connectivity index (χ4v) is 3.43. The summed E-state index contributed by atoms with van der Waals surface area (Å²) < 4.78 is 1.72. The van der Waals surface area contributed by atoms with Gasteiger partial charge in [-0.25, -0.2) is 0 Å². The lowest BCUT2D eigenvalue weighted by Crippen LogP contribution is -2.28. The first-order chi connectivity index (χ1) is 10.5. The van der Waals surface area contributed by atoms with Crippen LogP contribution >= 0.6 is 11.6 Å². The molecule has 0 aliphatic heterocycles. The number of aliphatic hydroxyl groups is 1. The summed E-state index contributed by atoms with van der Waals surface area (Å²) in [6.45, 7) is 4.83. The molecule has 22 heavy (non-hydrogen) atoms. The van der Waals surface area contributed by atoms with Crippen molar-refractivity contribution < 1.29 is 5.11 Å². The summed E-state index contributed by atoms with van der Waals surface area (Å²) in [5.41, 5.74) is 4.44. The zero-order valence-electron chi connectivity index (χ0n) is 13.2. The Hall–Kier alpha value is -1.36. The van der Waals surface area contributed by atoms with Crippen LogP contribution in [-0.4, -0.2) is 21.0 Å². The van der Waals surface area contributed by atoms with Crippen LogP contribution in [0.15, 0.2) is 24.3 Å². The van der Waals surface area contributed by atoms with E-state index in [-0.39, 0.29) is 6.04 Å². The summed E-state index contributed by atoms with van der Waals surface area (Å²) in [7, 11) is 1.86. The molecule has 2 N–H and O–H groups in total. The molecule has 0 unspecified atom stereocenters. The first-order valence-electron chi connectivity index (χ1n) is 7.69. The standard InChI is InChI=1S/C17H22ClN3O/c1-10(2)15-13(17(18)21(3)20-15)9-19-16-12-7-5-4-6-11(12)8-14(16)22/h4-7,10,14,16,19,22H,8-9H2,1-3H3/t14-,16+/m0/s1. The van der Waals surface area contributed by atoms with Gasteiger partial charge in [-0.2, -0.15) is 5.10 Å². The second-order valence-corrected chi connectivity index (χ2v) is 6.62. The number of aliphatic hydroxyl groups excluding tert-OH is 1. The van der Waals surface area contributed by atoms with Crippen molar-refractivity contribution in [3.05, 3.63) is 51.8 Å². The van der Waals surface area contributed by atoms with Crippen LogP contribution < -0.4 is 5.32 Å². The Balaban J connectivity index is 1.82. The summed E-state index contributed by atoms with van der Waals surface area (Å²) >= 11 is 6.38. The number of fused-ring (bicyclic) bond motifs is 1. The molecule has 2 aromatic rings. The zero-order chi connectivity index (χ0) is 15.9. The Morgan fingerprint density at radius 3 is 2.86 bits per heavy atom. The maximum absolute atomic E-state index is 10.3. The molecule has 118 valence electrons. The molecule has 2 atom stereocenters. The van der Waals surface area contributed by atoms with Crippen molar-refractivity contribution in [3.63, 3.8) is 0 Å². The predicted octanol–water partition coefficient (Wildman–Crippen LogP) is 2.94. The topological polar surface area (TPSA) is 50.1 Å². The third-order valence-electron chi connectivity index (χ3n) is 4.35. The summed E-state index contributed by atoms with van der Waals surface area (Å²) in [5, 5.41) is 19.0. The van der Waals surface area contributed by atoms with E-state index in [0.717, 1.165) is 11.3 Å². The van der Waals surface area contributed by atoms with Gasteiger partial charge in [0, 0.05) is 25.6 Å². The minimum atomic E-state index is -0.393. The Labute approximate surface area is 136 Å². The van der Waals surface area contributed by atoms with Crippen molar-refractivity contribution >= 4 is 11.6 Å². The molecule has 1 heterocycles. The lowest BCUT2D eigenvalue weighted by molar-refractivity contribution is 0.140. The van der Waals surface area contributed by atoms with Crippen molar-refractivity contribution in [1.82, 2.24) is 15.1 Å². The van der Waals surface area contributed by atoms with E-state index in [2.05, 4.69) is 36.4 Å². The van der Waals surface area contributed by atoms with Crippen LogP contribution in [0.4, 0.5) is 0 Å². The molecule has 0 radical (unpaired) electrons. The molecule has 0 bridgehead atoms. The Bertz CT molecular complexity index is 681. The Morgan fingerprint density at radius 1 is 1.41 bits per heavy atom. The summed E-state index contributed by atoms with van der Waals surface area (Å²) in [5.74, 6) is 0.316. The van der Waals surface area contributed by atoms with Gasteiger partial charge >= 0.3 is 0 Å². The molecule has 1 aliphatic carbocycles. The molecule has 0 saturated heterocycles. The van der Waals surface area contributed by atoms with Crippen molar-refractivity contribution in [3.8, 4) is 0 Å². The predicted molar refractivity (Wildman–Crippen MR) is 88.0 cm³/mol. The first-order valence-corrected chi connectivity index (χ1v) is 8.07. The number of benzene rings is 1. The lowest BCUT2D eigenvalue weighted by atomic mass is 10.0. The number of aryl methyl sites for hydroxylation is 1. The summed E-state index contributed by atoms with van der Waals surface area (Å²) in [6, 6.07) is 8.15. The van der Waals surface area contributed by atoms with E-state index in [9.17, 15) is 5.11 Å². The van der Waals surface area contributed by atoms with Crippen LogP contribution in [0, 0.1) is 0 Å². The smallest absolute Gasteiger partial charge is 0.131 e. The number of rotatable bonds is 4. The van der Waals surface area contributed by atoms with E-state index in [1.807, 2.05) is 19.2 Å². The highest BCUT2D eigenvalue weighted by Crippen LogP contribution is 2.32. The first kappa shape index (κ1) is 15.5. The van der Waals surface area contributed by atoms with E-state index >= 15 is 0 Å². The van der Waals surface area contributed by atoms with Gasteiger partial charge in [-0.15, -0.1) is 0 Å². The average Bonchev–Trinajstić information content (AvgIpc) is 2.95. The summed E-state index contributed by atoms with van der Waals surface area (Å²) in [6.07, 6.45) is 0.307. The molecule has 4 nitrogen and oxygen atoms in total. The molecule has 0 spiro atoms. The number of halogens is 1. The molecule has 3 rings (SSSR count). The maximum Gasteiger partial charge on any atom is 0.131 e. The van der Waals surface area contributed by atoms with Crippen LogP contribution in [0.1, 0.15) is 48.2 Å². The van der Waals surface area contributed by atoms with Gasteiger partial charge in [0.15, 0.2) is 0 Å². The quantitative estimate of drug-likeness (QED) is 0.911. The highest BCUT2D eigenvalue weighted by molar-refractivity contribution is 6.30. The van der Waals surface area contributed by atoms with E-state index < -0.39 is 6.10 Å². The number of hydrogen-bond acceptors (Lipinski definition) is 3. The molecular weight excluding hydrogens is 298 g/mol. The number of nitrogens with zero attached hydrogens (tertiary/aromatic N) is 2. The maximum atomic E-state index is 10.3. The molecule has 1 aromatic carbocycles. The van der Waals surface area contributed by atoms with Gasteiger partial charge in [-0.3, -0.25) is 4.68 Å². The molecule has 0 saturated carbocycles. The molecule has 0 fully saturated rings. The third kappa shape index (κ3) is 2.67. The van der Waals surface area contributed by atoms with Crippen LogP contribution in [0.25, 0.3) is 0 Å². The van der Waals surface area contributed by atoms with Crippen LogP contribution in [0.2, 0.25) is 5.15 Å². The minimum Gasteiger partial charge on any atom is -0.391 e. The normalized spacial score (nSPS) is 20.6. The summed E-state index contributed by atoms with van der Waals surface area (Å²) in [4.78, 5) is 0. The van der Waals surface area contributed by atoms with Crippen molar-refractivity contribution in [1.29, 1.82) is 0 Å². The van der Waals surface area contributed by atoms with E-state index in [4.69, 9.17) is 11.6 Å². The molecule has 0 amide bonds. The Morgan fingerprint density at radius 2 is 2.14 bits per heavy atom. The Kier molecular flexibility index (Phi) is 4.26. The van der Waals surface area contributed by atoms with Gasteiger partial charge in [0.1, 0.15) is 5.15 Å². The van der Waals surface area contributed by atoms with Crippen molar-refractivity contribution in [2.75, 3.05) is 0 Å². The van der Waals surface area contributed by atoms with E-state index in [1.165, 1.54) is 11.1 Å². The molecule has 5 heteroatoms. The van der Waals surface area contributed by atoms with Crippen LogP contribution in [0.3, 0.4) is 0 Å². The molecular formula is C17H22ClN3O. The lowest BCUT2D eigenvalue weighted by Gasteiger charge is -2.18. The highest BCUT2D eigenvalue weighted by Gasteiger charge is 2.30. The van der Waals surface area contributed by atoms with Crippen LogP contribution in [-0.2, 0) is 20.0 Å². The highest BCUT2D eigenvalue weighted by atomic mass is 35.5. The monoisotopic (exact) mass is 319 g/mol. The second-order valence-electron chi connectivity index (χ2n) is 6.26. The van der Waals surface area contributed by atoms with Gasteiger partial charge < -0.3 is 10.4 Å². The zero-order valence-corrected chi connectivity index (χ0v) is 13.9. The van der Waals surface area contributed by atoms with E-state index in [0.29, 0.717) is 24.0 Å². The number of hydrogen-bond donors (Lipinski definition) is 2. The average molecular weight is 320 g/mol. The number of aromatic nitrogens is 2. The van der Waals surface area contributed by atoms with Crippen molar-refractivity contribution in [2.45, 2.75) is 44.9 Å². The van der Waals surface area contributed by atoms with Gasteiger partial charge in [-0.05, 0) is 17.0 Å². The number of nitrogens with one attached hydrogen (secondary N) is 1. The van der Waals surface area contributed by atoms with Gasteiger partial charge in [-0.1, -0.05) is 49.7 Å². The fourth-order valence-electron chi connectivity index (χ4n) is 3.23. The SMILES string of the molecule is CC(C)c1nn(C)c(Cl)c1CN[C@@H]1c2ccccc2C[C@@H]1O. The molecule has 1 aliphatic rings. The molecule has 1 aromatic heterocycles. The third-order valence-corrected chi connectivity index (χ3v) is 4.82. The van der Waals surface area contributed by atoms with Gasteiger partial charge in [0.05, 0.1) is 17.8 Å². The minimum absolute atomic E-state index is 0.0486.